The molecule has 59 heavy (non-hydrogen) atoms. The summed E-state index contributed by atoms with van der Waals surface area (Å²) in [5.74, 6) is -5.65. The lowest BCUT2D eigenvalue weighted by Gasteiger charge is -2.49. The van der Waals surface area contributed by atoms with Crippen molar-refractivity contribution in [2.45, 2.75) is 16.3 Å². The number of fused-ring (bicyclic) bond motifs is 4. The fourth-order valence-corrected chi connectivity index (χ4v) is 9.47. The second kappa shape index (κ2) is 15.2. The molecule has 2 atom stereocenters. The predicted molar refractivity (Wildman–Crippen MR) is 211 cm³/mol. The van der Waals surface area contributed by atoms with Crippen molar-refractivity contribution in [1.82, 2.24) is 15.5 Å². The monoisotopic (exact) mass is 853 g/mol. The van der Waals surface area contributed by atoms with E-state index in [2.05, 4.69) is 10.6 Å². The highest BCUT2D eigenvalue weighted by atomic mass is 35.5. The molecule has 1 aliphatic carbocycles. The Morgan fingerprint density at radius 1 is 0.881 bits per heavy atom. The third-order valence-corrected chi connectivity index (χ3v) is 12.3. The molecule has 8 rings (SSSR count). The van der Waals surface area contributed by atoms with Crippen LogP contribution in [-0.4, -0.2) is 74.2 Å². The van der Waals surface area contributed by atoms with Gasteiger partial charge in [0.25, 0.3) is 11.8 Å². The van der Waals surface area contributed by atoms with E-state index in [1.165, 1.54) is 60.3 Å². The number of hydrogen-bond donors (Lipinski definition) is 4. The van der Waals surface area contributed by atoms with Gasteiger partial charge in [0, 0.05) is 49.4 Å². The number of aromatic carboxylic acids is 1. The molecule has 0 bridgehead atoms. The molecule has 1 saturated heterocycles. The van der Waals surface area contributed by atoms with E-state index in [1.807, 2.05) is 0 Å². The predicted octanol–water partition coefficient (Wildman–Crippen LogP) is 3.43. The summed E-state index contributed by atoms with van der Waals surface area (Å²) in [6.07, 6.45) is 0. The zero-order valence-corrected chi connectivity index (χ0v) is 32.1. The standard InChI is InChI=1S/C40H26ClN3O13S2/c41-26-8-16-7-25(40(55)57-28(16)12-27(26)47)35(49)42-13-31(48)43-33-36(50)44-34(39(53)54)17(15-59-37(33)44)14-58-20-3-6-21(24(11-20)38(51)52)32-22-4-1-18(45)9-29(22)56-30-10-19(46)2-5-23(30)32/h1-12,33,37,45,47H,13-15H2,(H,42,49)(H,43,48)(H,51,52)(H,53,54)/p-2/t33?,37-/m1/s1. The number of nitrogens with zero attached hydrogens (tertiary/aromatic N) is 1. The Bertz CT molecular complexity index is 2960. The Labute approximate surface area is 343 Å². The van der Waals surface area contributed by atoms with Crippen molar-refractivity contribution in [2.75, 3.05) is 18.1 Å². The molecule has 0 spiro atoms. The molecule has 3 aliphatic heterocycles. The Hall–Kier alpha value is -6.76. The Morgan fingerprint density at radius 2 is 1.66 bits per heavy atom. The van der Waals surface area contributed by atoms with E-state index in [9.17, 15) is 54.0 Å². The van der Waals surface area contributed by atoms with Crippen LogP contribution < -0.4 is 31.9 Å². The minimum absolute atomic E-state index is 0.0637. The average Bonchev–Trinajstić information content (AvgIpc) is 3.20. The van der Waals surface area contributed by atoms with Crippen molar-refractivity contribution >= 4 is 86.7 Å². The van der Waals surface area contributed by atoms with E-state index in [1.54, 1.807) is 12.1 Å². The van der Waals surface area contributed by atoms with Crippen molar-refractivity contribution in [2.24, 2.45) is 0 Å². The van der Waals surface area contributed by atoms with Gasteiger partial charge in [-0.1, -0.05) is 35.5 Å². The van der Waals surface area contributed by atoms with Crippen LogP contribution in [0.15, 0.2) is 107 Å². The molecular weight excluding hydrogens is 830 g/mol. The number of carboxylic acid groups (broad SMARTS) is 2. The number of carbonyl (C=O) groups excluding carboxylic acids is 3. The highest BCUT2D eigenvalue weighted by Crippen LogP contribution is 2.44. The molecule has 4 aliphatic rings. The Morgan fingerprint density at radius 3 is 2.42 bits per heavy atom. The van der Waals surface area contributed by atoms with E-state index in [4.69, 9.17) is 20.4 Å². The van der Waals surface area contributed by atoms with Crippen molar-refractivity contribution in [3.8, 4) is 33.9 Å². The minimum Gasteiger partial charge on any atom is -0.872 e. The zero-order valence-electron chi connectivity index (χ0n) is 29.7. The summed E-state index contributed by atoms with van der Waals surface area (Å²) in [5, 5.41) is 48.9. The van der Waals surface area contributed by atoms with Gasteiger partial charge in [-0.25, -0.2) is 14.4 Å². The normalized spacial score (nSPS) is 16.2. The maximum absolute atomic E-state index is 13.3. The number of carboxylic acids is 2. The van der Waals surface area contributed by atoms with Gasteiger partial charge < -0.3 is 39.9 Å². The number of thioether (sulfide) groups is 2. The highest BCUT2D eigenvalue weighted by molar-refractivity contribution is 8.01. The Balaban J connectivity index is 0.966. The van der Waals surface area contributed by atoms with Gasteiger partial charge in [0.15, 0.2) is 5.43 Å². The van der Waals surface area contributed by atoms with Crippen LogP contribution in [0.25, 0.3) is 44.4 Å². The van der Waals surface area contributed by atoms with Gasteiger partial charge >= 0.3 is 17.6 Å². The van der Waals surface area contributed by atoms with E-state index >= 15 is 0 Å². The van der Waals surface area contributed by atoms with Crippen LogP contribution in [0.3, 0.4) is 0 Å². The van der Waals surface area contributed by atoms with Crippen molar-refractivity contribution in [3.05, 3.63) is 121 Å². The van der Waals surface area contributed by atoms with E-state index < -0.39 is 64.6 Å². The van der Waals surface area contributed by atoms with Crippen LogP contribution in [-0.2, 0) is 14.4 Å². The van der Waals surface area contributed by atoms with Gasteiger partial charge in [-0.2, -0.15) is 0 Å². The maximum Gasteiger partial charge on any atom is 0.352 e. The first-order valence-electron chi connectivity index (χ1n) is 17.3. The molecule has 4 N–H and O–H groups in total. The van der Waals surface area contributed by atoms with E-state index in [0.717, 1.165) is 28.8 Å². The van der Waals surface area contributed by atoms with Crippen LogP contribution >= 0.6 is 35.1 Å². The molecular formula is C40H24ClN3O13S2-2. The van der Waals surface area contributed by atoms with Gasteiger partial charge in [-0.15, -0.1) is 29.3 Å². The number of β-lactam (4-membered cyclic amide) rings is 1. The largest absolute Gasteiger partial charge is 0.872 e. The van der Waals surface area contributed by atoms with Gasteiger partial charge in [-0.3, -0.25) is 24.1 Å². The third-order valence-electron chi connectivity index (χ3n) is 9.58. The van der Waals surface area contributed by atoms with E-state index in [0.29, 0.717) is 27.0 Å². The molecule has 1 unspecified atom stereocenters. The molecule has 0 saturated carbocycles. The molecule has 298 valence electrons. The molecule has 3 amide bonds. The summed E-state index contributed by atoms with van der Waals surface area (Å²) < 4.78 is 10.9. The van der Waals surface area contributed by atoms with E-state index in [-0.39, 0.29) is 66.8 Å². The molecule has 16 nitrogen and oxygen atoms in total. The molecule has 4 aromatic rings. The first-order chi connectivity index (χ1) is 28.2. The highest BCUT2D eigenvalue weighted by Gasteiger charge is 2.54. The van der Waals surface area contributed by atoms with Crippen LogP contribution in [0.2, 0.25) is 5.02 Å². The summed E-state index contributed by atoms with van der Waals surface area (Å²) in [5.41, 5.74) is -0.611. The molecule has 1 aromatic heterocycles. The molecule has 1 fully saturated rings. The smallest absolute Gasteiger partial charge is 0.352 e. The lowest BCUT2D eigenvalue weighted by atomic mass is 9.91. The number of rotatable bonds is 10. The summed E-state index contributed by atoms with van der Waals surface area (Å²) in [4.78, 5) is 90.1. The van der Waals surface area contributed by atoms with Crippen LogP contribution in [0.1, 0.15) is 20.7 Å². The maximum atomic E-state index is 13.3. The number of hydrogen-bond acceptors (Lipinski definition) is 13. The SMILES string of the molecule is O=C(CNC(=O)c1cc2cc(Cl)c([O-])cc2oc1=O)NC1C(=O)N2C(C(=O)O)=C(CSc3ccc(-c4c5ccc(=O)cc-5oc5cc([O-])ccc45)c(C(=O)O)c3)CS[C@H]12. The van der Waals surface area contributed by atoms with Crippen LogP contribution in [0, 0.1) is 0 Å². The molecule has 4 heterocycles. The van der Waals surface area contributed by atoms with Gasteiger partial charge in [0.2, 0.25) is 5.91 Å². The first kappa shape index (κ1) is 39.1. The first-order valence-corrected chi connectivity index (χ1v) is 19.7. The van der Waals surface area contributed by atoms with Gasteiger partial charge in [0.05, 0.1) is 12.1 Å². The quantitative estimate of drug-likeness (QED) is 0.0666. The summed E-state index contributed by atoms with van der Waals surface area (Å²) in [6.45, 7) is -0.646. The fourth-order valence-electron chi connectivity index (χ4n) is 6.87. The lowest BCUT2D eigenvalue weighted by molar-refractivity contribution is -0.268. The minimum atomic E-state index is -1.38. The second-order valence-corrected chi connectivity index (χ2v) is 15.8. The average molecular weight is 854 g/mol. The fraction of sp³-hybridized carbons (Fsp3) is 0.125. The number of benzene rings is 4. The number of amides is 3. The van der Waals surface area contributed by atoms with Crippen LogP contribution in [0.5, 0.6) is 11.5 Å². The number of nitrogens with one attached hydrogen (secondary N) is 2. The number of carbonyl (C=O) groups is 5. The summed E-state index contributed by atoms with van der Waals surface area (Å²) >= 11 is 8.20. The summed E-state index contributed by atoms with van der Waals surface area (Å²) in [6, 6.07) is 15.1. The lowest BCUT2D eigenvalue weighted by Crippen LogP contribution is -2.71. The van der Waals surface area contributed by atoms with Crippen molar-refractivity contribution in [1.29, 1.82) is 0 Å². The zero-order chi connectivity index (χ0) is 41.9. The van der Waals surface area contributed by atoms with Crippen molar-refractivity contribution in [3.63, 3.8) is 0 Å². The molecule has 3 aromatic carbocycles. The number of aliphatic carboxylic acids is 1. The van der Waals surface area contributed by atoms with Gasteiger partial charge in [0.1, 0.15) is 39.6 Å². The molecule has 19 heteroatoms. The van der Waals surface area contributed by atoms with Crippen LogP contribution in [0.4, 0.5) is 0 Å². The summed E-state index contributed by atoms with van der Waals surface area (Å²) in [7, 11) is 0. The van der Waals surface area contributed by atoms with Crippen molar-refractivity contribution < 1.29 is 53.2 Å². The third kappa shape index (κ3) is 7.21. The second-order valence-electron chi connectivity index (χ2n) is 13.3. The molecule has 0 radical (unpaired) electrons. The van der Waals surface area contributed by atoms with Gasteiger partial charge in [-0.05, 0) is 59.7 Å². The number of halogens is 1. The Kier molecular flexibility index (Phi) is 10.1. The topological polar surface area (TPSA) is 260 Å².